The topological polar surface area (TPSA) is 98.2 Å². The Balaban J connectivity index is 2.30. The number of aryl methyl sites for hydroxylation is 1. The van der Waals surface area contributed by atoms with Gasteiger partial charge in [0.2, 0.25) is 0 Å². The van der Waals surface area contributed by atoms with Crippen molar-refractivity contribution in [2.24, 2.45) is 7.05 Å². The molecule has 0 atom stereocenters. The van der Waals surface area contributed by atoms with E-state index in [-0.39, 0.29) is 11.6 Å². The molecule has 3 rings (SSSR count). The summed E-state index contributed by atoms with van der Waals surface area (Å²) in [5, 5.41) is 16.9. The second kappa shape index (κ2) is 3.62. The first-order valence-corrected chi connectivity index (χ1v) is 5.10. The molecule has 0 aliphatic rings. The Hall–Kier alpha value is -2.77. The van der Waals surface area contributed by atoms with Gasteiger partial charge in [-0.2, -0.15) is 14.6 Å². The van der Waals surface area contributed by atoms with Gasteiger partial charge in [0.1, 0.15) is 0 Å². The van der Waals surface area contributed by atoms with E-state index < -0.39 is 5.97 Å². The Morgan fingerprint density at radius 1 is 1.28 bits per heavy atom. The number of carboxylic acid groups (broad SMARTS) is 1. The highest BCUT2D eigenvalue weighted by Gasteiger charge is 2.15. The number of aromatic carboxylic acids is 1. The molecule has 0 aliphatic carbocycles. The molecule has 0 radical (unpaired) electrons. The second-order valence-electron chi connectivity index (χ2n) is 3.62. The zero-order valence-electron chi connectivity index (χ0n) is 9.35. The third kappa shape index (κ3) is 1.43. The number of fused-ring (bicyclic) bond motifs is 1. The Morgan fingerprint density at radius 3 is 2.72 bits per heavy atom. The Kier molecular flexibility index (Phi) is 2.09. The highest BCUT2D eigenvalue weighted by molar-refractivity contribution is 5.83. The fraction of sp³-hybridized carbons (Fsp3) is 0.100. The number of carboxylic acids is 1. The fourth-order valence-corrected chi connectivity index (χ4v) is 1.70. The van der Waals surface area contributed by atoms with Crippen LogP contribution in [-0.4, -0.2) is 40.4 Å². The van der Waals surface area contributed by atoms with Crippen LogP contribution < -0.4 is 0 Å². The van der Waals surface area contributed by atoms with Crippen molar-refractivity contribution in [3.63, 3.8) is 0 Å². The summed E-state index contributed by atoms with van der Waals surface area (Å²) in [5.74, 6) is -1.22. The molecule has 90 valence electrons. The Labute approximate surface area is 101 Å². The Bertz CT molecular complexity index is 744. The monoisotopic (exact) mass is 244 g/mol. The van der Waals surface area contributed by atoms with E-state index >= 15 is 0 Å². The molecule has 8 heteroatoms. The van der Waals surface area contributed by atoms with Crippen LogP contribution in [0, 0.1) is 0 Å². The van der Waals surface area contributed by atoms with Crippen LogP contribution in [0.2, 0.25) is 0 Å². The van der Waals surface area contributed by atoms with Gasteiger partial charge in [0.25, 0.3) is 11.6 Å². The quantitative estimate of drug-likeness (QED) is 0.692. The summed E-state index contributed by atoms with van der Waals surface area (Å²) in [6, 6.07) is 3.53. The summed E-state index contributed by atoms with van der Waals surface area (Å²) in [5.41, 5.74) is 1.48. The molecule has 3 heterocycles. The van der Waals surface area contributed by atoms with Crippen molar-refractivity contribution < 1.29 is 9.90 Å². The molecule has 0 saturated heterocycles. The van der Waals surface area contributed by atoms with Crippen LogP contribution in [0.4, 0.5) is 0 Å². The fourth-order valence-electron chi connectivity index (χ4n) is 1.70. The minimum Gasteiger partial charge on any atom is -0.475 e. The second-order valence-corrected chi connectivity index (χ2v) is 3.62. The predicted octanol–water partition coefficient (Wildman–Crippen LogP) is 0.223. The molecular weight excluding hydrogens is 236 g/mol. The Morgan fingerprint density at radius 2 is 2.06 bits per heavy atom. The van der Waals surface area contributed by atoms with Gasteiger partial charge in [-0.05, 0) is 12.1 Å². The lowest BCUT2D eigenvalue weighted by Crippen LogP contribution is -2.02. The van der Waals surface area contributed by atoms with Crippen molar-refractivity contribution >= 4 is 11.7 Å². The van der Waals surface area contributed by atoms with Crippen molar-refractivity contribution in [2.75, 3.05) is 0 Å². The van der Waals surface area contributed by atoms with Gasteiger partial charge in [0.15, 0.2) is 0 Å². The molecule has 0 fully saturated rings. The lowest BCUT2D eigenvalue weighted by atomic mass is 10.3. The third-order valence-corrected chi connectivity index (χ3v) is 2.52. The van der Waals surface area contributed by atoms with Crippen LogP contribution in [0.1, 0.15) is 10.6 Å². The summed E-state index contributed by atoms with van der Waals surface area (Å²) in [7, 11) is 1.79. The van der Waals surface area contributed by atoms with E-state index in [0.29, 0.717) is 5.69 Å². The molecule has 3 aromatic rings. The van der Waals surface area contributed by atoms with Gasteiger partial charge in [-0.3, -0.25) is 4.68 Å². The number of hydrogen-bond acceptors (Lipinski definition) is 5. The van der Waals surface area contributed by atoms with Gasteiger partial charge >= 0.3 is 5.97 Å². The number of hydrogen-bond donors (Lipinski definition) is 1. The molecule has 1 N–H and O–H groups in total. The molecule has 0 unspecified atom stereocenters. The summed E-state index contributed by atoms with van der Waals surface area (Å²) in [4.78, 5) is 18.7. The molecule has 0 aromatic carbocycles. The van der Waals surface area contributed by atoms with Crippen molar-refractivity contribution in [3.8, 4) is 11.4 Å². The van der Waals surface area contributed by atoms with E-state index in [9.17, 15) is 4.79 Å². The molecule has 0 aliphatic heterocycles. The van der Waals surface area contributed by atoms with Crippen LogP contribution in [-0.2, 0) is 7.05 Å². The van der Waals surface area contributed by atoms with Gasteiger partial charge in [-0.1, -0.05) is 0 Å². The minimum atomic E-state index is -1.18. The molecular formula is C10H8N6O2. The number of carbonyl (C=O) groups is 1. The first-order valence-electron chi connectivity index (χ1n) is 5.10. The van der Waals surface area contributed by atoms with Gasteiger partial charge in [-0.15, -0.1) is 5.10 Å². The molecule has 8 nitrogen and oxygen atoms in total. The van der Waals surface area contributed by atoms with Crippen LogP contribution in [0.5, 0.6) is 0 Å². The highest BCUT2D eigenvalue weighted by Crippen LogP contribution is 2.17. The van der Waals surface area contributed by atoms with E-state index in [2.05, 4.69) is 20.2 Å². The predicted molar refractivity (Wildman–Crippen MR) is 59.9 cm³/mol. The lowest BCUT2D eigenvalue weighted by Gasteiger charge is -2.02. The molecule has 0 bridgehead atoms. The average molecular weight is 244 g/mol. The zero-order chi connectivity index (χ0) is 12.7. The number of aromatic nitrogens is 6. The van der Waals surface area contributed by atoms with Crippen molar-refractivity contribution in [1.82, 2.24) is 29.4 Å². The van der Waals surface area contributed by atoms with Crippen molar-refractivity contribution in [2.45, 2.75) is 0 Å². The van der Waals surface area contributed by atoms with E-state index in [1.54, 1.807) is 36.3 Å². The van der Waals surface area contributed by atoms with Crippen LogP contribution >= 0.6 is 0 Å². The summed E-state index contributed by atoms with van der Waals surface area (Å²) >= 11 is 0. The third-order valence-electron chi connectivity index (χ3n) is 2.52. The average Bonchev–Trinajstić information content (AvgIpc) is 2.94. The number of nitrogens with zero attached hydrogens (tertiary/aromatic N) is 6. The van der Waals surface area contributed by atoms with Gasteiger partial charge in [-0.25, -0.2) is 9.78 Å². The smallest absolute Gasteiger partial charge is 0.375 e. The van der Waals surface area contributed by atoms with E-state index in [1.807, 2.05) is 0 Å². The summed E-state index contributed by atoms with van der Waals surface area (Å²) in [6.45, 7) is 0. The minimum absolute atomic E-state index is 0.242. The first kappa shape index (κ1) is 10.4. The zero-order valence-corrected chi connectivity index (χ0v) is 9.35. The van der Waals surface area contributed by atoms with E-state index in [1.165, 1.54) is 4.52 Å². The largest absolute Gasteiger partial charge is 0.475 e. The van der Waals surface area contributed by atoms with Gasteiger partial charge < -0.3 is 5.11 Å². The van der Waals surface area contributed by atoms with Crippen LogP contribution in [0.25, 0.3) is 17.2 Å². The maximum atomic E-state index is 10.9. The number of rotatable bonds is 2. The molecule has 0 amide bonds. The highest BCUT2D eigenvalue weighted by atomic mass is 16.4. The maximum absolute atomic E-state index is 10.9. The van der Waals surface area contributed by atoms with Gasteiger partial charge in [0.05, 0.1) is 11.4 Å². The lowest BCUT2D eigenvalue weighted by molar-refractivity contribution is 0.0684. The van der Waals surface area contributed by atoms with E-state index in [0.717, 1.165) is 5.69 Å². The van der Waals surface area contributed by atoms with Crippen molar-refractivity contribution in [3.05, 3.63) is 30.4 Å². The first-order chi connectivity index (χ1) is 8.66. The molecule has 0 spiro atoms. The van der Waals surface area contributed by atoms with Gasteiger partial charge in [0, 0.05) is 19.4 Å². The standard InChI is InChI=1S/C10H8N6O2/c1-15-6(3-5-12-15)7-2-4-11-10-13-8(9(17)18)14-16(7)10/h2-5H,1H3,(H,17,18). The summed E-state index contributed by atoms with van der Waals surface area (Å²) < 4.78 is 3.05. The normalized spacial score (nSPS) is 10.9. The van der Waals surface area contributed by atoms with Crippen LogP contribution in [0.3, 0.4) is 0 Å². The maximum Gasteiger partial charge on any atom is 0.375 e. The van der Waals surface area contributed by atoms with E-state index in [4.69, 9.17) is 5.11 Å². The summed E-state index contributed by atoms with van der Waals surface area (Å²) in [6.07, 6.45) is 3.20. The SMILES string of the molecule is Cn1nccc1-c1ccnc2nc(C(=O)O)nn12. The molecule has 18 heavy (non-hydrogen) atoms. The molecule has 0 saturated carbocycles. The van der Waals surface area contributed by atoms with Crippen molar-refractivity contribution in [1.29, 1.82) is 0 Å². The van der Waals surface area contributed by atoms with Crippen LogP contribution in [0.15, 0.2) is 24.5 Å². The molecule has 3 aromatic heterocycles.